The lowest BCUT2D eigenvalue weighted by molar-refractivity contribution is -0.126. The van der Waals surface area contributed by atoms with Gasteiger partial charge in [0.05, 0.1) is 7.11 Å². The number of benzene rings is 2. The van der Waals surface area contributed by atoms with E-state index in [1.54, 1.807) is 31.4 Å². The van der Waals surface area contributed by atoms with E-state index in [1.165, 1.54) is 5.56 Å². The highest BCUT2D eigenvalue weighted by Crippen LogP contribution is 2.17. The fourth-order valence-electron chi connectivity index (χ4n) is 2.45. The maximum absolute atomic E-state index is 12.3. The molecule has 2 N–H and O–H groups in total. The largest absolute Gasteiger partial charge is 0.497 e. The smallest absolute Gasteiger partial charge is 0.286 e. The van der Waals surface area contributed by atoms with Crippen LogP contribution in [0, 0.1) is 6.92 Å². The number of hydrogen-bond donors (Lipinski definition) is 2. The molecule has 0 saturated carbocycles. The quantitative estimate of drug-likeness (QED) is 0.545. The molecule has 8 nitrogen and oxygen atoms in total. The van der Waals surface area contributed by atoms with E-state index in [2.05, 4.69) is 20.8 Å². The number of ether oxygens (including phenoxy) is 2. The molecule has 0 aliphatic heterocycles. The first kappa shape index (κ1) is 21.4. The van der Waals surface area contributed by atoms with Gasteiger partial charge in [0, 0.05) is 12.2 Å². The van der Waals surface area contributed by atoms with Crippen molar-refractivity contribution in [2.75, 3.05) is 19.0 Å². The highest BCUT2D eigenvalue weighted by Gasteiger charge is 2.14. The van der Waals surface area contributed by atoms with Gasteiger partial charge in [-0.05, 0) is 36.8 Å². The summed E-state index contributed by atoms with van der Waals surface area (Å²) in [5.41, 5.74) is 2.81. The number of anilines is 1. The van der Waals surface area contributed by atoms with E-state index in [0.29, 0.717) is 23.0 Å². The fraction of sp³-hybridized carbons (Fsp3) is 0.238. The topological polar surface area (TPSA) is 102 Å². The minimum Gasteiger partial charge on any atom is -0.497 e. The zero-order valence-corrected chi connectivity index (χ0v) is 17.5. The molecule has 3 aromatic rings. The molecular formula is C21H22N4O4S. The summed E-state index contributed by atoms with van der Waals surface area (Å²) < 4.78 is 10.5. The van der Waals surface area contributed by atoms with E-state index < -0.39 is 0 Å². The lowest BCUT2D eigenvalue weighted by Crippen LogP contribution is -2.27. The predicted molar refractivity (Wildman–Crippen MR) is 114 cm³/mol. The van der Waals surface area contributed by atoms with Crippen LogP contribution < -0.4 is 15.4 Å². The van der Waals surface area contributed by atoms with Crippen molar-refractivity contribution in [3.8, 4) is 5.75 Å². The third-order valence-electron chi connectivity index (χ3n) is 4.08. The molecule has 1 heterocycles. The van der Waals surface area contributed by atoms with Gasteiger partial charge in [-0.1, -0.05) is 41.2 Å². The summed E-state index contributed by atoms with van der Waals surface area (Å²) >= 11 is 1.12. The number of methoxy groups -OCH3 is 1. The van der Waals surface area contributed by atoms with Gasteiger partial charge in [-0.2, -0.15) is 0 Å². The Balaban J connectivity index is 1.40. The summed E-state index contributed by atoms with van der Waals surface area (Å²) in [5, 5.41) is 14.1. The first-order valence-corrected chi connectivity index (χ1v) is 10.0. The van der Waals surface area contributed by atoms with E-state index >= 15 is 0 Å². The lowest BCUT2D eigenvalue weighted by Gasteiger charge is -2.06. The van der Waals surface area contributed by atoms with Crippen LogP contribution >= 0.6 is 11.3 Å². The van der Waals surface area contributed by atoms with Gasteiger partial charge in [0.1, 0.15) is 24.0 Å². The van der Waals surface area contributed by atoms with E-state index in [4.69, 9.17) is 9.47 Å². The van der Waals surface area contributed by atoms with Crippen molar-refractivity contribution in [2.24, 2.45) is 0 Å². The Hall–Kier alpha value is -3.30. The second-order valence-electron chi connectivity index (χ2n) is 6.44. The summed E-state index contributed by atoms with van der Waals surface area (Å²) in [5.74, 6) is 0.114. The van der Waals surface area contributed by atoms with Crippen molar-refractivity contribution in [1.82, 2.24) is 15.5 Å². The zero-order chi connectivity index (χ0) is 21.3. The van der Waals surface area contributed by atoms with Crippen LogP contribution in [-0.2, 0) is 22.7 Å². The second kappa shape index (κ2) is 10.5. The van der Waals surface area contributed by atoms with Crippen LogP contribution in [0.15, 0.2) is 48.5 Å². The Bertz CT molecular complexity index is 987. The van der Waals surface area contributed by atoms with Gasteiger partial charge in [-0.15, -0.1) is 10.2 Å². The number of carbonyl (C=O) groups excluding carboxylic acids is 2. The number of amides is 2. The minimum absolute atomic E-state index is 0.0984. The average Bonchev–Trinajstić information content (AvgIpc) is 3.23. The third kappa shape index (κ3) is 6.36. The summed E-state index contributed by atoms with van der Waals surface area (Å²) in [7, 11) is 1.58. The van der Waals surface area contributed by atoms with E-state index in [9.17, 15) is 9.59 Å². The SMILES string of the molecule is COc1ccc(NC(=O)c2nnc(COCC(=O)NCc3ccc(C)cc3)s2)cc1. The number of rotatable bonds is 9. The molecule has 0 saturated heterocycles. The van der Waals surface area contributed by atoms with Crippen molar-refractivity contribution in [3.05, 3.63) is 69.7 Å². The Morgan fingerprint density at radius 2 is 1.77 bits per heavy atom. The first-order chi connectivity index (χ1) is 14.5. The van der Waals surface area contributed by atoms with Crippen molar-refractivity contribution < 1.29 is 19.1 Å². The molecule has 0 spiro atoms. The van der Waals surface area contributed by atoms with Crippen molar-refractivity contribution in [1.29, 1.82) is 0 Å². The average molecular weight is 426 g/mol. The van der Waals surface area contributed by atoms with Crippen LogP contribution in [0.25, 0.3) is 0 Å². The predicted octanol–water partition coefficient (Wildman–Crippen LogP) is 2.94. The molecule has 0 bridgehead atoms. The number of hydrogen-bond acceptors (Lipinski definition) is 7. The Kier molecular flexibility index (Phi) is 7.47. The van der Waals surface area contributed by atoms with E-state index in [-0.39, 0.29) is 30.0 Å². The van der Waals surface area contributed by atoms with Crippen molar-refractivity contribution in [3.63, 3.8) is 0 Å². The minimum atomic E-state index is -0.361. The van der Waals surface area contributed by atoms with Crippen LogP contribution in [-0.4, -0.2) is 35.7 Å². The van der Waals surface area contributed by atoms with Crippen molar-refractivity contribution in [2.45, 2.75) is 20.1 Å². The normalized spacial score (nSPS) is 10.5. The number of aryl methyl sites for hydroxylation is 1. The number of nitrogens with zero attached hydrogens (tertiary/aromatic N) is 2. The van der Waals surface area contributed by atoms with Crippen LogP contribution in [0.3, 0.4) is 0 Å². The highest BCUT2D eigenvalue weighted by atomic mass is 32.1. The number of carbonyl (C=O) groups is 2. The number of nitrogens with one attached hydrogen (secondary N) is 2. The first-order valence-electron chi connectivity index (χ1n) is 9.21. The molecule has 3 rings (SSSR count). The monoisotopic (exact) mass is 426 g/mol. The molecule has 2 aromatic carbocycles. The third-order valence-corrected chi connectivity index (χ3v) is 4.97. The molecule has 2 amide bonds. The Morgan fingerprint density at radius 1 is 1.03 bits per heavy atom. The zero-order valence-electron chi connectivity index (χ0n) is 16.7. The molecule has 1 aromatic heterocycles. The maximum Gasteiger partial charge on any atom is 0.286 e. The van der Waals surface area contributed by atoms with Gasteiger partial charge in [0.25, 0.3) is 5.91 Å². The molecule has 0 aliphatic rings. The molecule has 0 radical (unpaired) electrons. The Labute approximate surface area is 178 Å². The second-order valence-corrected chi connectivity index (χ2v) is 7.50. The van der Waals surface area contributed by atoms with Crippen LogP contribution in [0.5, 0.6) is 5.75 Å². The van der Waals surface area contributed by atoms with Gasteiger partial charge in [-0.25, -0.2) is 0 Å². The summed E-state index contributed by atoms with van der Waals surface area (Å²) in [4.78, 5) is 24.2. The summed E-state index contributed by atoms with van der Waals surface area (Å²) in [6.07, 6.45) is 0. The lowest BCUT2D eigenvalue weighted by atomic mass is 10.1. The van der Waals surface area contributed by atoms with E-state index in [1.807, 2.05) is 31.2 Å². The van der Waals surface area contributed by atoms with Gasteiger partial charge in [-0.3, -0.25) is 9.59 Å². The van der Waals surface area contributed by atoms with Gasteiger partial charge < -0.3 is 20.1 Å². The van der Waals surface area contributed by atoms with Gasteiger partial charge in [0.2, 0.25) is 10.9 Å². The molecule has 0 aliphatic carbocycles. The Morgan fingerprint density at radius 3 is 2.47 bits per heavy atom. The van der Waals surface area contributed by atoms with Crippen LogP contribution in [0.1, 0.15) is 25.9 Å². The molecule has 156 valence electrons. The molecule has 9 heteroatoms. The standard InChI is InChI=1S/C21H22N4O4S/c1-14-3-5-15(6-4-14)11-22-18(26)12-29-13-19-24-25-21(30-19)20(27)23-16-7-9-17(28-2)10-8-16/h3-10H,11-13H2,1-2H3,(H,22,26)(H,23,27). The highest BCUT2D eigenvalue weighted by molar-refractivity contribution is 7.13. The summed E-state index contributed by atoms with van der Waals surface area (Å²) in [6, 6.07) is 14.9. The number of aromatic nitrogens is 2. The molecule has 0 unspecified atom stereocenters. The van der Waals surface area contributed by atoms with Crippen LogP contribution in [0.2, 0.25) is 0 Å². The molecular weight excluding hydrogens is 404 g/mol. The van der Waals surface area contributed by atoms with Gasteiger partial charge in [0.15, 0.2) is 0 Å². The van der Waals surface area contributed by atoms with E-state index in [0.717, 1.165) is 16.9 Å². The maximum atomic E-state index is 12.3. The molecule has 30 heavy (non-hydrogen) atoms. The molecule has 0 atom stereocenters. The summed E-state index contributed by atoms with van der Waals surface area (Å²) in [6.45, 7) is 2.46. The van der Waals surface area contributed by atoms with Crippen molar-refractivity contribution >= 4 is 28.8 Å². The van der Waals surface area contributed by atoms with Crippen LogP contribution in [0.4, 0.5) is 5.69 Å². The fourth-order valence-corrected chi connectivity index (χ4v) is 3.12. The van der Waals surface area contributed by atoms with Gasteiger partial charge >= 0.3 is 0 Å². The molecule has 0 fully saturated rings.